The van der Waals surface area contributed by atoms with Gasteiger partial charge in [0.2, 0.25) is 6.79 Å². The van der Waals surface area contributed by atoms with Gasteiger partial charge in [-0.05, 0) is 42.2 Å². The summed E-state index contributed by atoms with van der Waals surface area (Å²) in [5, 5.41) is 0. The Hall–Kier alpha value is -2.25. The fourth-order valence-corrected chi connectivity index (χ4v) is 4.59. The first kappa shape index (κ1) is 16.9. The second kappa shape index (κ2) is 6.42. The quantitative estimate of drug-likeness (QED) is 0.556. The van der Waals surface area contributed by atoms with Crippen LogP contribution in [0.1, 0.15) is 36.3 Å². The lowest BCUT2D eigenvalue weighted by Gasteiger charge is -2.14. The predicted octanol–water partition coefficient (Wildman–Crippen LogP) is 4.53. The van der Waals surface area contributed by atoms with Crippen molar-refractivity contribution in [3.8, 4) is 11.5 Å². The Kier molecular flexibility index (Phi) is 4.02. The number of hydrogen-bond donors (Lipinski definition) is 0. The van der Waals surface area contributed by atoms with Gasteiger partial charge >= 0.3 is 0 Å². The maximum absolute atomic E-state index is 12.8. The molecule has 2 aromatic rings. The van der Waals surface area contributed by atoms with Crippen molar-refractivity contribution in [2.75, 3.05) is 6.79 Å². The molecule has 3 aliphatic rings. The van der Waals surface area contributed by atoms with Gasteiger partial charge in [-0.3, -0.25) is 9.69 Å². The van der Waals surface area contributed by atoms with Crippen molar-refractivity contribution < 1.29 is 18.7 Å². The summed E-state index contributed by atoms with van der Waals surface area (Å²) in [5.41, 5.74) is 0.944. The average molecular weight is 399 g/mol. The Labute approximate surface area is 166 Å². The SMILES string of the molecule is C[C@H]1C[C@@H]1c1ccc(/C=C2\SC(=S)N(Cc3ccc4c(c3)OCO4)C2=O)o1. The molecule has 1 aromatic heterocycles. The molecule has 7 heteroatoms. The number of nitrogens with zero attached hydrogens (tertiary/aromatic N) is 1. The molecule has 1 aromatic carbocycles. The van der Waals surface area contributed by atoms with E-state index in [-0.39, 0.29) is 12.7 Å². The van der Waals surface area contributed by atoms with Crippen LogP contribution in [0, 0.1) is 5.92 Å². The van der Waals surface area contributed by atoms with Crippen molar-refractivity contribution in [1.82, 2.24) is 4.90 Å². The second-order valence-electron chi connectivity index (χ2n) is 7.02. The lowest BCUT2D eigenvalue weighted by Crippen LogP contribution is -2.27. The van der Waals surface area contributed by atoms with E-state index in [1.165, 1.54) is 18.2 Å². The number of hydrogen-bond acceptors (Lipinski definition) is 6. The van der Waals surface area contributed by atoms with Gasteiger partial charge in [-0.1, -0.05) is 37.0 Å². The zero-order valence-corrected chi connectivity index (χ0v) is 16.3. The molecule has 5 nitrogen and oxygen atoms in total. The normalized spacial score (nSPS) is 24.9. The molecule has 2 atom stereocenters. The zero-order valence-electron chi connectivity index (χ0n) is 14.6. The fourth-order valence-electron chi connectivity index (χ4n) is 3.35. The Morgan fingerprint density at radius 3 is 2.89 bits per heavy atom. The standard InChI is InChI=1S/C20H17NO4S2/c1-11-6-14(11)15-5-3-13(25-15)8-18-19(22)21(20(26)27-18)9-12-2-4-16-17(7-12)24-10-23-16/h2-5,7-8,11,14H,6,9-10H2,1H3/b18-8-/t11-,14-/m0/s1. The molecule has 0 N–H and O–H groups in total. The number of ether oxygens (including phenoxy) is 2. The van der Waals surface area contributed by atoms with Crippen molar-refractivity contribution in [2.45, 2.75) is 25.8 Å². The summed E-state index contributed by atoms with van der Waals surface area (Å²) in [6.45, 7) is 2.85. The molecular formula is C20H17NO4S2. The van der Waals surface area contributed by atoms with Crippen LogP contribution in [-0.4, -0.2) is 21.9 Å². The van der Waals surface area contributed by atoms with Crippen molar-refractivity contribution >= 4 is 40.3 Å². The molecule has 2 fully saturated rings. The van der Waals surface area contributed by atoms with Crippen molar-refractivity contribution in [3.63, 3.8) is 0 Å². The van der Waals surface area contributed by atoms with E-state index in [1.807, 2.05) is 30.3 Å². The van der Waals surface area contributed by atoms with Gasteiger partial charge in [0.05, 0.1) is 11.4 Å². The van der Waals surface area contributed by atoms with Crippen LogP contribution >= 0.6 is 24.0 Å². The number of amides is 1. The van der Waals surface area contributed by atoms with Crippen LogP contribution in [0.3, 0.4) is 0 Å². The zero-order chi connectivity index (χ0) is 18.5. The van der Waals surface area contributed by atoms with E-state index in [0.29, 0.717) is 39.1 Å². The minimum atomic E-state index is -0.0968. The summed E-state index contributed by atoms with van der Waals surface area (Å²) in [4.78, 5) is 15.0. The van der Waals surface area contributed by atoms with Crippen LogP contribution in [0.15, 0.2) is 39.7 Å². The van der Waals surface area contributed by atoms with Crippen LogP contribution in [0.2, 0.25) is 0 Å². The molecule has 3 heterocycles. The van der Waals surface area contributed by atoms with Crippen molar-refractivity contribution in [2.24, 2.45) is 5.92 Å². The number of carbonyl (C=O) groups excluding carboxylic acids is 1. The van der Waals surface area contributed by atoms with Crippen LogP contribution in [0.4, 0.5) is 0 Å². The summed E-state index contributed by atoms with van der Waals surface area (Å²) in [5.74, 6) is 4.24. The van der Waals surface area contributed by atoms with E-state index in [9.17, 15) is 4.79 Å². The molecule has 0 unspecified atom stereocenters. The van der Waals surface area contributed by atoms with Crippen molar-refractivity contribution in [1.29, 1.82) is 0 Å². The summed E-state index contributed by atoms with van der Waals surface area (Å²) >= 11 is 6.73. The number of thioether (sulfide) groups is 1. The number of thiocarbonyl (C=S) groups is 1. The molecule has 27 heavy (non-hydrogen) atoms. The molecule has 1 amide bonds. The highest BCUT2D eigenvalue weighted by atomic mass is 32.2. The molecule has 5 rings (SSSR count). The maximum Gasteiger partial charge on any atom is 0.266 e. The number of fused-ring (bicyclic) bond motifs is 1. The predicted molar refractivity (Wildman–Crippen MR) is 107 cm³/mol. The monoisotopic (exact) mass is 399 g/mol. The summed E-state index contributed by atoms with van der Waals surface area (Å²) in [6, 6.07) is 9.60. The lowest BCUT2D eigenvalue weighted by molar-refractivity contribution is -0.122. The number of furan rings is 1. The Bertz CT molecular complexity index is 980. The molecule has 1 saturated carbocycles. The molecule has 2 aliphatic heterocycles. The van der Waals surface area contributed by atoms with Gasteiger partial charge < -0.3 is 13.9 Å². The van der Waals surface area contributed by atoms with Crippen LogP contribution in [0.25, 0.3) is 6.08 Å². The molecule has 1 aliphatic carbocycles. The first-order valence-electron chi connectivity index (χ1n) is 8.82. The highest BCUT2D eigenvalue weighted by Crippen LogP contribution is 2.47. The molecule has 1 saturated heterocycles. The van der Waals surface area contributed by atoms with Crippen LogP contribution in [-0.2, 0) is 11.3 Å². The third-order valence-corrected chi connectivity index (χ3v) is 6.42. The van der Waals surface area contributed by atoms with Crippen molar-refractivity contribution in [3.05, 3.63) is 52.3 Å². The van der Waals surface area contributed by atoms with E-state index in [0.717, 1.165) is 17.1 Å². The Balaban J connectivity index is 1.33. The van der Waals surface area contributed by atoms with Crippen LogP contribution in [0.5, 0.6) is 11.5 Å². The third kappa shape index (κ3) is 3.15. The maximum atomic E-state index is 12.8. The van der Waals surface area contributed by atoms with Gasteiger partial charge in [0.15, 0.2) is 11.5 Å². The van der Waals surface area contributed by atoms with Gasteiger partial charge in [-0.2, -0.15) is 0 Å². The first-order valence-corrected chi connectivity index (χ1v) is 10.0. The third-order valence-electron chi connectivity index (χ3n) is 5.05. The van der Waals surface area contributed by atoms with Gasteiger partial charge in [-0.25, -0.2) is 0 Å². The van der Waals surface area contributed by atoms with Gasteiger partial charge in [0.1, 0.15) is 15.8 Å². The second-order valence-corrected chi connectivity index (χ2v) is 8.69. The number of rotatable bonds is 4. The highest BCUT2D eigenvalue weighted by Gasteiger charge is 2.37. The molecule has 0 spiro atoms. The van der Waals surface area contributed by atoms with Gasteiger partial charge in [-0.15, -0.1) is 0 Å². The minimum absolute atomic E-state index is 0.0968. The Morgan fingerprint density at radius 2 is 2.07 bits per heavy atom. The van der Waals surface area contributed by atoms with E-state index in [1.54, 1.807) is 11.0 Å². The lowest BCUT2D eigenvalue weighted by atomic mass is 10.2. The topological polar surface area (TPSA) is 51.9 Å². The molecule has 0 radical (unpaired) electrons. The van der Waals surface area contributed by atoms with E-state index in [2.05, 4.69) is 6.92 Å². The summed E-state index contributed by atoms with van der Waals surface area (Å²) in [7, 11) is 0. The number of carbonyl (C=O) groups is 1. The molecular weight excluding hydrogens is 382 g/mol. The highest BCUT2D eigenvalue weighted by molar-refractivity contribution is 8.26. The van der Waals surface area contributed by atoms with E-state index >= 15 is 0 Å². The number of benzene rings is 1. The van der Waals surface area contributed by atoms with E-state index < -0.39 is 0 Å². The average Bonchev–Trinajstić information content (AvgIpc) is 3.03. The van der Waals surface area contributed by atoms with Gasteiger partial charge in [0.25, 0.3) is 5.91 Å². The van der Waals surface area contributed by atoms with E-state index in [4.69, 9.17) is 26.1 Å². The molecule has 0 bridgehead atoms. The first-order chi connectivity index (χ1) is 13.1. The minimum Gasteiger partial charge on any atom is -0.461 e. The Morgan fingerprint density at radius 1 is 1.26 bits per heavy atom. The molecule has 138 valence electrons. The van der Waals surface area contributed by atoms with Crippen LogP contribution < -0.4 is 9.47 Å². The fraction of sp³-hybridized carbons (Fsp3) is 0.300. The smallest absolute Gasteiger partial charge is 0.266 e. The van der Waals surface area contributed by atoms with Gasteiger partial charge in [0, 0.05) is 12.0 Å². The summed E-state index contributed by atoms with van der Waals surface area (Å²) in [6.07, 6.45) is 2.96. The summed E-state index contributed by atoms with van der Waals surface area (Å²) < 4.78 is 17.2. The largest absolute Gasteiger partial charge is 0.461 e.